The highest BCUT2D eigenvalue weighted by Gasteiger charge is 2.15. The maximum Gasteiger partial charge on any atom is 0.339 e. The topological polar surface area (TPSA) is 56.3 Å². The van der Waals surface area contributed by atoms with Gasteiger partial charge in [-0.3, -0.25) is 4.21 Å². The first-order valence-corrected chi connectivity index (χ1v) is 10.2. The molecular formula is C18H14ClNO3S2. The van der Waals surface area contributed by atoms with Crippen molar-refractivity contribution in [1.29, 1.82) is 0 Å². The van der Waals surface area contributed by atoms with Crippen molar-refractivity contribution in [2.75, 3.05) is 6.26 Å². The lowest BCUT2D eigenvalue weighted by molar-refractivity contribution is 0.0464. The van der Waals surface area contributed by atoms with E-state index in [4.69, 9.17) is 16.3 Å². The first kappa shape index (κ1) is 17.8. The minimum Gasteiger partial charge on any atom is -0.456 e. The van der Waals surface area contributed by atoms with E-state index in [2.05, 4.69) is 4.98 Å². The van der Waals surface area contributed by atoms with E-state index >= 15 is 0 Å². The molecule has 0 saturated heterocycles. The van der Waals surface area contributed by atoms with Crippen LogP contribution in [0.15, 0.2) is 58.8 Å². The lowest BCUT2D eigenvalue weighted by atomic mass is 10.2. The van der Waals surface area contributed by atoms with Gasteiger partial charge >= 0.3 is 5.97 Å². The lowest BCUT2D eigenvalue weighted by Crippen LogP contribution is -2.09. The number of hydrogen-bond acceptors (Lipinski definition) is 5. The Morgan fingerprint density at radius 2 is 1.92 bits per heavy atom. The quantitative estimate of drug-likeness (QED) is 0.598. The summed E-state index contributed by atoms with van der Waals surface area (Å²) in [6, 6.07) is 14.1. The van der Waals surface area contributed by atoms with Gasteiger partial charge in [-0.05, 0) is 24.3 Å². The van der Waals surface area contributed by atoms with Gasteiger partial charge in [0.2, 0.25) is 0 Å². The largest absolute Gasteiger partial charge is 0.456 e. The van der Waals surface area contributed by atoms with Gasteiger partial charge in [-0.1, -0.05) is 35.9 Å². The Labute approximate surface area is 156 Å². The molecule has 3 aromatic rings. The van der Waals surface area contributed by atoms with Crippen molar-refractivity contribution < 1.29 is 13.7 Å². The van der Waals surface area contributed by atoms with Crippen LogP contribution in [-0.4, -0.2) is 21.4 Å². The molecule has 0 aliphatic carbocycles. The fourth-order valence-electron chi connectivity index (χ4n) is 2.20. The molecule has 4 nitrogen and oxygen atoms in total. The molecule has 0 bridgehead atoms. The first-order valence-electron chi connectivity index (χ1n) is 7.34. The van der Waals surface area contributed by atoms with E-state index in [1.165, 1.54) is 17.6 Å². The van der Waals surface area contributed by atoms with E-state index in [0.717, 1.165) is 10.6 Å². The van der Waals surface area contributed by atoms with E-state index in [0.29, 0.717) is 21.2 Å². The predicted molar refractivity (Wildman–Crippen MR) is 100 cm³/mol. The van der Waals surface area contributed by atoms with Crippen LogP contribution in [0.5, 0.6) is 0 Å². The van der Waals surface area contributed by atoms with Gasteiger partial charge in [0.25, 0.3) is 0 Å². The van der Waals surface area contributed by atoms with Crippen LogP contribution in [0.4, 0.5) is 0 Å². The van der Waals surface area contributed by atoms with Gasteiger partial charge in [-0.15, -0.1) is 11.3 Å². The van der Waals surface area contributed by atoms with Crippen LogP contribution in [0.2, 0.25) is 5.02 Å². The number of nitrogens with zero attached hydrogens (tertiary/aromatic N) is 1. The van der Waals surface area contributed by atoms with E-state index in [1.54, 1.807) is 36.4 Å². The highest BCUT2D eigenvalue weighted by molar-refractivity contribution is 7.84. The number of hydrogen-bond donors (Lipinski definition) is 0. The summed E-state index contributed by atoms with van der Waals surface area (Å²) in [7, 11) is -1.26. The molecule has 0 aliphatic rings. The number of carbonyl (C=O) groups excluding carboxylic acids is 1. The molecule has 128 valence electrons. The Balaban J connectivity index is 1.69. The van der Waals surface area contributed by atoms with Crippen molar-refractivity contribution >= 4 is 39.7 Å². The molecule has 3 rings (SSSR count). The summed E-state index contributed by atoms with van der Waals surface area (Å²) in [4.78, 5) is 17.2. The summed E-state index contributed by atoms with van der Waals surface area (Å²) in [5, 5.41) is 3.35. The highest BCUT2D eigenvalue weighted by atomic mass is 35.5. The maximum atomic E-state index is 12.3. The van der Waals surface area contributed by atoms with Crippen molar-refractivity contribution in [3.63, 3.8) is 0 Å². The molecule has 0 fully saturated rings. The Bertz CT molecular complexity index is 922. The molecule has 2 aromatic carbocycles. The average Bonchev–Trinajstić information content (AvgIpc) is 3.09. The van der Waals surface area contributed by atoms with Crippen LogP contribution in [0.25, 0.3) is 10.6 Å². The molecule has 0 N–H and O–H groups in total. The average molecular weight is 392 g/mol. The third-order valence-electron chi connectivity index (χ3n) is 3.41. The minimum atomic E-state index is -1.26. The van der Waals surface area contributed by atoms with Gasteiger partial charge in [0, 0.05) is 22.2 Å². The first-order chi connectivity index (χ1) is 12.0. The number of rotatable bonds is 5. The van der Waals surface area contributed by atoms with Gasteiger partial charge in [0.05, 0.1) is 27.0 Å². The maximum absolute atomic E-state index is 12.3. The van der Waals surface area contributed by atoms with Crippen LogP contribution >= 0.6 is 22.9 Å². The summed E-state index contributed by atoms with van der Waals surface area (Å²) >= 11 is 7.36. The molecule has 1 aromatic heterocycles. The summed E-state index contributed by atoms with van der Waals surface area (Å²) in [5.74, 6) is -0.508. The van der Waals surface area contributed by atoms with E-state index < -0.39 is 16.8 Å². The molecule has 0 spiro atoms. The highest BCUT2D eigenvalue weighted by Crippen LogP contribution is 2.25. The minimum absolute atomic E-state index is 0.0631. The van der Waals surface area contributed by atoms with Gasteiger partial charge < -0.3 is 4.74 Å². The smallest absolute Gasteiger partial charge is 0.339 e. The second-order valence-electron chi connectivity index (χ2n) is 5.18. The molecule has 25 heavy (non-hydrogen) atoms. The molecule has 0 aliphatic heterocycles. The zero-order chi connectivity index (χ0) is 17.8. The Kier molecular flexibility index (Phi) is 5.63. The molecular weight excluding hydrogens is 378 g/mol. The van der Waals surface area contributed by atoms with E-state index in [1.807, 2.05) is 17.5 Å². The van der Waals surface area contributed by atoms with Gasteiger partial charge in [-0.25, -0.2) is 9.78 Å². The fourth-order valence-corrected chi connectivity index (χ4v) is 3.87. The second kappa shape index (κ2) is 7.91. The number of benzene rings is 2. The van der Waals surface area contributed by atoms with E-state index in [9.17, 15) is 9.00 Å². The number of ether oxygens (including phenoxy) is 1. The Hall–Kier alpha value is -2.02. The SMILES string of the molecule is CS(=O)c1ccccc1C(=O)OCc1csc(-c2ccc(Cl)cc2)n1. The molecule has 1 unspecified atom stereocenters. The summed E-state index contributed by atoms with van der Waals surface area (Å²) < 4.78 is 17.0. The van der Waals surface area contributed by atoms with Crippen molar-refractivity contribution in [2.24, 2.45) is 0 Å². The molecule has 0 radical (unpaired) electrons. The van der Waals surface area contributed by atoms with Crippen LogP contribution in [0.1, 0.15) is 16.1 Å². The predicted octanol–water partition coefficient (Wildman–Crippen LogP) is 4.56. The Morgan fingerprint density at radius 3 is 2.64 bits per heavy atom. The molecule has 1 heterocycles. The zero-order valence-corrected chi connectivity index (χ0v) is 15.7. The standard InChI is InChI=1S/C18H14ClNO3S2/c1-25(22)16-5-3-2-4-15(16)18(21)23-10-14-11-24-17(20-14)12-6-8-13(19)9-7-12/h2-9,11H,10H2,1H3. The number of esters is 1. The summed E-state index contributed by atoms with van der Waals surface area (Å²) in [6.45, 7) is 0.0631. The normalized spacial score (nSPS) is 11.9. The van der Waals surface area contributed by atoms with Crippen molar-refractivity contribution in [2.45, 2.75) is 11.5 Å². The third kappa shape index (κ3) is 4.34. The van der Waals surface area contributed by atoms with Gasteiger partial charge in [-0.2, -0.15) is 0 Å². The van der Waals surface area contributed by atoms with Crippen LogP contribution < -0.4 is 0 Å². The van der Waals surface area contributed by atoms with Crippen molar-refractivity contribution in [1.82, 2.24) is 4.98 Å². The molecule has 1 atom stereocenters. The van der Waals surface area contributed by atoms with Crippen molar-refractivity contribution in [3.8, 4) is 10.6 Å². The monoisotopic (exact) mass is 391 g/mol. The molecule has 0 amide bonds. The van der Waals surface area contributed by atoms with Crippen LogP contribution in [0, 0.1) is 0 Å². The summed E-state index contributed by atoms with van der Waals surface area (Å²) in [6.07, 6.45) is 1.53. The second-order valence-corrected chi connectivity index (χ2v) is 7.82. The zero-order valence-electron chi connectivity index (χ0n) is 13.3. The number of thiazole rings is 1. The summed E-state index contributed by atoms with van der Waals surface area (Å²) in [5.41, 5.74) is 1.94. The number of aromatic nitrogens is 1. The number of halogens is 1. The van der Waals surface area contributed by atoms with Crippen molar-refractivity contribution in [3.05, 3.63) is 70.2 Å². The van der Waals surface area contributed by atoms with Crippen LogP contribution in [-0.2, 0) is 22.1 Å². The third-order valence-corrected chi connectivity index (χ3v) is 5.58. The fraction of sp³-hybridized carbons (Fsp3) is 0.111. The number of carbonyl (C=O) groups is 1. The Morgan fingerprint density at radius 1 is 1.20 bits per heavy atom. The lowest BCUT2D eigenvalue weighted by Gasteiger charge is -2.06. The molecule has 0 saturated carbocycles. The molecule has 7 heteroatoms. The van der Waals surface area contributed by atoms with Gasteiger partial charge in [0.15, 0.2) is 0 Å². The van der Waals surface area contributed by atoms with E-state index in [-0.39, 0.29) is 6.61 Å². The van der Waals surface area contributed by atoms with Gasteiger partial charge in [0.1, 0.15) is 11.6 Å². The van der Waals surface area contributed by atoms with Crippen LogP contribution in [0.3, 0.4) is 0 Å².